The van der Waals surface area contributed by atoms with Crippen LogP contribution in [-0.4, -0.2) is 50.9 Å². The zero-order chi connectivity index (χ0) is 18.2. The Labute approximate surface area is 155 Å². The average molecular weight is 352 g/mol. The summed E-state index contributed by atoms with van der Waals surface area (Å²) in [4.78, 5) is 2.53. The van der Waals surface area contributed by atoms with Crippen molar-refractivity contribution in [2.24, 2.45) is 0 Å². The number of rotatable bonds is 10. The number of anilines is 1. The summed E-state index contributed by atoms with van der Waals surface area (Å²) in [5, 5.41) is 16.6. The Morgan fingerprint density at radius 3 is 2.42 bits per heavy atom. The van der Waals surface area contributed by atoms with Crippen LogP contribution in [0.15, 0.2) is 42.5 Å². The minimum atomic E-state index is 0.756. The number of hydrogen-bond donors (Lipinski definition) is 1. The van der Waals surface area contributed by atoms with Crippen molar-refractivity contribution in [1.29, 1.82) is 0 Å². The molecule has 6 nitrogen and oxygen atoms in total. The molecule has 26 heavy (non-hydrogen) atoms. The molecule has 0 radical (unpaired) electrons. The van der Waals surface area contributed by atoms with E-state index in [1.807, 2.05) is 42.5 Å². The van der Waals surface area contributed by atoms with E-state index < -0.39 is 0 Å². The molecule has 0 fully saturated rings. The molecular weight excluding hydrogens is 324 g/mol. The Morgan fingerprint density at radius 1 is 0.923 bits per heavy atom. The van der Waals surface area contributed by atoms with Gasteiger partial charge in [-0.3, -0.25) is 0 Å². The maximum Gasteiger partial charge on any atom is 0.185 e. The first kappa shape index (κ1) is 18.3. The van der Waals surface area contributed by atoms with Gasteiger partial charge < -0.3 is 10.2 Å². The number of fused-ring (bicyclic) bond motifs is 1. The average Bonchev–Trinajstić information content (AvgIpc) is 3.09. The van der Waals surface area contributed by atoms with Crippen molar-refractivity contribution < 1.29 is 0 Å². The highest BCUT2D eigenvalue weighted by Crippen LogP contribution is 2.17. The van der Waals surface area contributed by atoms with Gasteiger partial charge in [0.15, 0.2) is 11.5 Å². The summed E-state index contributed by atoms with van der Waals surface area (Å²) in [6, 6.07) is 14.0. The SMILES string of the molecule is CCCN(CCC)CCCNc1ccc2nnc(-c3ccccc3)n2n1. The minimum Gasteiger partial charge on any atom is -0.369 e. The number of benzene rings is 1. The Bertz CT molecular complexity index is 792. The van der Waals surface area contributed by atoms with Crippen molar-refractivity contribution in [3.8, 4) is 11.4 Å². The van der Waals surface area contributed by atoms with E-state index in [-0.39, 0.29) is 0 Å². The molecule has 0 aliphatic rings. The summed E-state index contributed by atoms with van der Waals surface area (Å²) in [5.41, 5.74) is 1.77. The van der Waals surface area contributed by atoms with Gasteiger partial charge in [-0.1, -0.05) is 44.2 Å². The molecule has 0 spiro atoms. The van der Waals surface area contributed by atoms with Gasteiger partial charge in [0.25, 0.3) is 0 Å². The Morgan fingerprint density at radius 2 is 1.69 bits per heavy atom. The standard InChI is InChI=1S/C20H28N6/c1-3-14-25(15-4-2)16-8-13-21-18-11-12-19-22-23-20(26(19)24-18)17-9-6-5-7-10-17/h5-7,9-12H,3-4,8,13-16H2,1-2H3,(H,21,24). The number of aromatic nitrogens is 4. The predicted molar refractivity (Wildman–Crippen MR) is 106 cm³/mol. The molecule has 6 heteroatoms. The van der Waals surface area contributed by atoms with Crippen LogP contribution in [0, 0.1) is 0 Å². The molecule has 0 saturated carbocycles. The van der Waals surface area contributed by atoms with Crippen LogP contribution < -0.4 is 5.32 Å². The van der Waals surface area contributed by atoms with Crippen molar-refractivity contribution >= 4 is 11.5 Å². The van der Waals surface area contributed by atoms with Gasteiger partial charge in [0.05, 0.1) is 0 Å². The van der Waals surface area contributed by atoms with Crippen molar-refractivity contribution in [2.75, 3.05) is 31.5 Å². The van der Waals surface area contributed by atoms with Gasteiger partial charge in [-0.05, 0) is 51.0 Å². The lowest BCUT2D eigenvalue weighted by molar-refractivity contribution is 0.274. The van der Waals surface area contributed by atoms with E-state index in [4.69, 9.17) is 0 Å². The fourth-order valence-corrected chi connectivity index (χ4v) is 3.14. The minimum absolute atomic E-state index is 0.756. The summed E-state index contributed by atoms with van der Waals surface area (Å²) in [6.07, 6.45) is 3.52. The zero-order valence-electron chi connectivity index (χ0n) is 15.7. The molecule has 1 aromatic carbocycles. The fourth-order valence-electron chi connectivity index (χ4n) is 3.14. The van der Waals surface area contributed by atoms with Gasteiger partial charge in [0.1, 0.15) is 5.82 Å². The van der Waals surface area contributed by atoms with Crippen LogP contribution in [0.5, 0.6) is 0 Å². The maximum absolute atomic E-state index is 4.67. The maximum atomic E-state index is 4.67. The third-order valence-electron chi connectivity index (χ3n) is 4.33. The van der Waals surface area contributed by atoms with Gasteiger partial charge in [0.2, 0.25) is 0 Å². The molecule has 138 valence electrons. The molecule has 0 aliphatic heterocycles. The normalized spacial score (nSPS) is 11.3. The first-order chi connectivity index (χ1) is 12.8. The Kier molecular flexibility index (Phi) is 6.55. The quantitative estimate of drug-likeness (QED) is 0.564. The molecular formula is C20H28N6. The fraction of sp³-hybridized carbons (Fsp3) is 0.450. The highest BCUT2D eigenvalue weighted by Gasteiger charge is 2.09. The highest BCUT2D eigenvalue weighted by molar-refractivity contribution is 5.59. The lowest BCUT2D eigenvalue weighted by atomic mass is 10.2. The number of nitrogens with zero attached hydrogens (tertiary/aromatic N) is 5. The summed E-state index contributed by atoms with van der Waals surface area (Å²) in [7, 11) is 0. The second-order valence-corrected chi connectivity index (χ2v) is 6.50. The van der Waals surface area contributed by atoms with Crippen LogP contribution >= 0.6 is 0 Å². The predicted octanol–water partition coefficient (Wildman–Crippen LogP) is 3.72. The van der Waals surface area contributed by atoms with Gasteiger partial charge in [0, 0.05) is 12.1 Å². The van der Waals surface area contributed by atoms with Crippen molar-refractivity contribution in [2.45, 2.75) is 33.1 Å². The van der Waals surface area contributed by atoms with E-state index >= 15 is 0 Å². The van der Waals surface area contributed by atoms with Crippen LogP contribution in [-0.2, 0) is 0 Å². The van der Waals surface area contributed by atoms with E-state index in [9.17, 15) is 0 Å². The Balaban J connectivity index is 1.62. The number of nitrogens with one attached hydrogen (secondary N) is 1. The van der Waals surface area contributed by atoms with E-state index in [2.05, 4.69) is 39.4 Å². The third-order valence-corrected chi connectivity index (χ3v) is 4.33. The van der Waals surface area contributed by atoms with Gasteiger partial charge >= 0.3 is 0 Å². The molecule has 0 atom stereocenters. The van der Waals surface area contributed by atoms with Crippen LogP contribution in [0.1, 0.15) is 33.1 Å². The topological polar surface area (TPSA) is 58.3 Å². The third kappa shape index (κ3) is 4.58. The number of hydrogen-bond acceptors (Lipinski definition) is 5. The second-order valence-electron chi connectivity index (χ2n) is 6.50. The molecule has 1 N–H and O–H groups in total. The van der Waals surface area contributed by atoms with Crippen molar-refractivity contribution in [1.82, 2.24) is 24.7 Å². The highest BCUT2D eigenvalue weighted by atomic mass is 15.4. The van der Waals surface area contributed by atoms with Crippen LogP contribution in [0.4, 0.5) is 5.82 Å². The summed E-state index contributed by atoms with van der Waals surface area (Å²) >= 11 is 0. The Hall–Kier alpha value is -2.47. The first-order valence-electron chi connectivity index (χ1n) is 9.56. The largest absolute Gasteiger partial charge is 0.369 e. The zero-order valence-corrected chi connectivity index (χ0v) is 15.7. The summed E-state index contributed by atoms with van der Waals surface area (Å²) < 4.78 is 1.80. The lowest BCUT2D eigenvalue weighted by Gasteiger charge is -2.20. The van der Waals surface area contributed by atoms with Crippen molar-refractivity contribution in [3.63, 3.8) is 0 Å². The van der Waals surface area contributed by atoms with E-state index in [1.54, 1.807) is 4.52 Å². The first-order valence-corrected chi connectivity index (χ1v) is 9.56. The molecule has 0 saturated heterocycles. The smallest absolute Gasteiger partial charge is 0.185 e. The van der Waals surface area contributed by atoms with Crippen molar-refractivity contribution in [3.05, 3.63) is 42.5 Å². The van der Waals surface area contributed by atoms with Crippen LogP contribution in [0.3, 0.4) is 0 Å². The molecule has 2 aromatic heterocycles. The summed E-state index contributed by atoms with van der Waals surface area (Å²) in [5.74, 6) is 1.62. The summed E-state index contributed by atoms with van der Waals surface area (Å²) in [6.45, 7) is 8.87. The molecule has 0 bridgehead atoms. The molecule has 2 heterocycles. The molecule has 0 aliphatic carbocycles. The van der Waals surface area contributed by atoms with E-state index in [0.29, 0.717) is 0 Å². The molecule has 3 aromatic rings. The van der Waals surface area contributed by atoms with Gasteiger partial charge in [-0.2, -0.15) is 4.52 Å². The molecule has 0 amide bonds. The lowest BCUT2D eigenvalue weighted by Crippen LogP contribution is -2.27. The molecule has 3 rings (SSSR count). The van der Waals surface area contributed by atoms with Gasteiger partial charge in [-0.25, -0.2) is 0 Å². The molecule has 0 unspecified atom stereocenters. The van der Waals surface area contributed by atoms with Crippen LogP contribution in [0.25, 0.3) is 17.0 Å². The second kappa shape index (κ2) is 9.29. The van der Waals surface area contributed by atoms with E-state index in [0.717, 1.165) is 42.4 Å². The van der Waals surface area contributed by atoms with Gasteiger partial charge in [-0.15, -0.1) is 15.3 Å². The monoisotopic (exact) mass is 352 g/mol. The van der Waals surface area contributed by atoms with Crippen LogP contribution in [0.2, 0.25) is 0 Å². The van der Waals surface area contributed by atoms with E-state index in [1.165, 1.54) is 25.9 Å².